The Bertz CT molecular complexity index is 542. The average molecular weight is 247 g/mol. The second kappa shape index (κ2) is 5.10. The summed E-state index contributed by atoms with van der Waals surface area (Å²) in [6.07, 6.45) is 1.59. The van der Waals surface area contributed by atoms with Crippen LogP contribution in [0.25, 0.3) is 0 Å². The Morgan fingerprint density at radius 2 is 1.94 bits per heavy atom. The normalized spacial score (nSPS) is 10.4. The van der Waals surface area contributed by atoms with E-state index in [0.717, 1.165) is 11.4 Å². The smallest absolute Gasteiger partial charge is 0.229 e. The lowest BCUT2D eigenvalue weighted by Gasteiger charge is -2.17. The zero-order valence-electron chi connectivity index (χ0n) is 10.3. The summed E-state index contributed by atoms with van der Waals surface area (Å²) in [5.41, 5.74) is 2.23. The molecule has 0 aliphatic carbocycles. The maximum Gasteiger partial charge on any atom is 0.229 e. The summed E-state index contributed by atoms with van der Waals surface area (Å²) in [5, 5.41) is 9.06. The van der Waals surface area contributed by atoms with Crippen molar-refractivity contribution in [3.05, 3.63) is 47.5 Å². The van der Waals surface area contributed by atoms with Crippen molar-refractivity contribution >= 4 is 11.6 Å². The van der Waals surface area contributed by atoms with Crippen molar-refractivity contribution in [3.63, 3.8) is 0 Å². The van der Waals surface area contributed by atoms with E-state index in [4.69, 9.17) is 5.11 Å². The van der Waals surface area contributed by atoms with E-state index in [2.05, 4.69) is 9.97 Å². The highest BCUT2D eigenvalue weighted by Gasteiger charge is 2.09. The molecule has 0 unspecified atom stereocenters. The number of hydrogen-bond acceptors (Lipinski definition) is 4. The standard InChI is InChI=1S/C13H14FN3O/c1-9-10(8-18)7-15-13(16-9)17(2)12-5-3-11(14)4-6-12/h3-7,18H,8H2,1-2H3. The fourth-order valence-electron chi connectivity index (χ4n) is 1.58. The van der Waals surface area contributed by atoms with Gasteiger partial charge in [-0.1, -0.05) is 0 Å². The van der Waals surface area contributed by atoms with Crippen molar-refractivity contribution in [2.45, 2.75) is 13.5 Å². The number of aliphatic hydroxyl groups excluding tert-OH is 1. The van der Waals surface area contributed by atoms with E-state index in [-0.39, 0.29) is 12.4 Å². The number of aromatic nitrogens is 2. The molecule has 0 atom stereocenters. The molecular weight excluding hydrogens is 233 g/mol. The summed E-state index contributed by atoms with van der Waals surface area (Å²) in [6.45, 7) is 1.74. The van der Waals surface area contributed by atoms with Crippen molar-refractivity contribution in [2.24, 2.45) is 0 Å². The summed E-state index contributed by atoms with van der Waals surface area (Å²) in [7, 11) is 1.81. The molecule has 1 aromatic heterocycles. The van der Waals surface area contributed by atoms with Crippen molar-refractivity contribution in [3.8, 4) is 0 Å². The highest BCUT2D eigenvalue weighted by molar-refractivity contribution is 5.56. The molecule has 0 saturated heterocycles. The molecule has 2 aromatic rings. The minimum absolute atomic E-state index is 0.0770. The predicted octanol–water partition coefficient (Wildman–Crippen LogP) is 2.18. The van der Waals surface area contributed by atoms with Gasteiger partial charge >= 0.3 is 0 Å². The van der Waals surface area contributed by atoms with Gasteiger partial charge < -0.3 is 10.0 Å². The van der Waals surface area contributed by atoms with E-state index in [1.807, 2.05) is 6.92 Å². The monoisotopic (exact) mass is 247 g/mol. The Hall–Kier alpha value is -2.01. The zero-order chi connectivity index (χ0) is 13.1. The van der Waals surface area contributed by atoms with E-state index in [9.17, 15) is 4.39 Å². The Morgan fingerprint density at radius 3 is 2.50 bits per heavy atom. The fraction of sp³-hybridized carbons (Fsp3) is 0.231. The van der Waals surface area contributed by atoms with Gasteiger partial charge in [-0.05, 0) is 31.2 Å². The molecule has 5 heteroatoms. The Kier molecular flexibility index (Phi) is 3.53. The van der Waals surface area contributed by atoms with Crippen LogP contribution in [0.3, 0.4) is 0 Å². The molecule has 0 aliphatic heterocycles. The quantitative estimate of drug-likeness (QED) is 0.903. The van der Waals surface area contributed by atoms with E-state index < -0.39 is 0 Å². The Balaban J connectivity index is 2.31. The summed E-state index contributed by atoms with van der Waals surface area (Å²) >= 11 is 0. The van der Waals surface area contributed by atoms with Crippen molar-refractivity contribution < 1.29 is 9.50 Å². The summed E-state index contributed by atoms with van der Waals surface area (Å²) in [5.74, 6) is 0.233. The maximum absolute atomic E-state index is 12.8. The number of halogens is 1. The third kappa shape index (κ3) is 2.46. The molecule has 2 rings (SSSR count). The average Bonchev–Trinajstić information content (AvgIpc) is 2.38. The van der Waals surface area contributed by atoms with Crippen LogP contribution in [0, 0.1) is 12.7 Å². The van der Waals surface area contributed by atoms with Crippen LogP contribution in [-0.4, -0.2) is 22.1 Å². The minimum atomic E-state index is -0.278. The number of nitrogens with zero attached hydrogens (tertiary/aromatic N) is 3. The molecule has 0 saturated carbocycles. The number of rotatable bonds is 3. The van der Waals surface area contributed by atoms with Gasteiger partial charge in [0.15, 0.2) is 0 Å². The Morgan fingerprint density at radius 1 is 1.28 bits per heavy atom. The van der Waals surface area contributed by atoms with E-state index in [1.54, 1.807) is 30.3 Å². The first-order chi connectivity index (χ1) is 8.61. The number of aryl methyl sites for hydroxylation is 1. The molecule has 0 aliphatic rings. The van der Waals surface area contributed by atoms with Gasteiger partial charge in [0.05, 0.1) is 6.61 Å². The fourth-order valence-corrected chi connectivity index (χ4v) is 1.58. The van der Waals surface area contributed by atoms with Gasteiger partial charge in [0.2, 0.25) is 5.95 Å². The highest BCUT2D eigenvalue weighted by Crippen LogP contribution is 2.20. The largest absolute Gasteiger partial charge is 0.392 e. The van der Waals surface area contributed by atoms with Crippen molar-refractivity contribution in [1.82, 2.24) is 9.97 Å². The molecule has 0 fully saturated rings. The molecule has 1 N–H and O–H groups in total. The van der Waals surface area contributed by atoms with Crippen LogP contribution in [0.5, 0.6) is 0 Å². The van der Waals surface area contributed by atoms with Crippen LogP contribution in [0.2, 0.25) is 0 Å². The molecule has 94 valence electrons. The van der Waals surface area contributed by atoms with Crippen molar-refractivity contribution in [2.75, 3.05) is 11.9 Å². The number of aliphatic hydroxyl groups is 1. The highest BCUT2D eigenvalue weighted by atomic mass is 19.1. The number of benzene rings is 1. The Labute approximate surface area is 105 Å². The van der Waals surface area contributed by atoms with Gasteiger partial charge in [0.25, 0.3) is 0 Å². The molecule has 0 spiro atoms. The minimum Gasteiger partial charge on any atom is -0.392 e. The summed E-state index contributed by atoms with van der Waals surface area (Å²) in [6, 6.07) is 6.10. The second-order valence-electron chi connectivity index (χ2n) is 3.97. The molecule has 1 heterocycles. The lowest BCUT2D eigenvalue weighted by molar-refractivity contribution is 0.280. The first kappa shape index (κ1) is 12.4. The van der Waals surface area contributed by atoms with Gasteiger partial charge in [-0.15, -0.1) is 0 Å². The predicted molar refractivity (Wildman–Crippen MR) is 67.2 cm³/mol. The SMILES string of the molecule is Cc1nc(N(C)c2ccc(F)cc2)ncc1CO. The molecule has 4 nitrogen and oxygen atoms in total. The topological polar surface area (TPSA) is 49.2 Å². The van der Waals surface area contributed by atoms with Crippen LogP contribution < -0.4 is 4.90 Å². The number of anilines is 2. The third-order valence-corrected chi connectivity index (χ3v) is 2.75. The van der Waals surface area contributed by atoms with E-state index >= 15 is 0 Å². The van der Waals surface area contributed by atoms with Gasteiger partial charge in [-0.2, -0.15) is 0 Å². The molecule has 0 radical (unpaired) electrons. The zero-order valence-corrected chi connectivity index (χ0v) is 10.3. The lowest BCUT2D eigenvalue weighted by atomic mass is 10.2. The lowest BCUT2D eigenvalue weighted by Crippen LogP contribution is -2.14. The molecule has 0 bridgehead atoms. The third-order valence-electron chi connectivity index (χ3n) is 2.75. The molecular formula is C13H14FN3O. The van der Waals surface area contributed by atoms with Crippen LogP contribution in [-0.2, 0) is 6.61 Å². The number of hydrogen-bond donors (Lipinski definition) is 1. The maximum atomic E-state index is 12.8. The van der Waals surface area contributed by atoms with Crippen LogP contribution in [0.15, 0.2) is 30.5 Å². The first-order valence-corrected chi connectivity index (χ1v) is 5.54. The van der Waals surface area contributed by atoms with Crippen LogP contribution >= 0.6 is 0 Å². The van der Waals surface area contributed by atoms with Gasteiger partial charge in [-0.25, -0.2) is 14.4 Å². The van der Waals surface area contributed by atoms with Crippen LogP contribution in [0.4, 0.5) is 16.0 Å². The van der Waals surface area contributed by atoms with Gasteiger partial charge in [0.1, 0.15) is 5.82 Å². The van der Waals surface area contributed by atoms with E-state index in [0.29, 0.717) is 11.5 Å². The second-order valence-corrected chi connectivity index (χ2v) is 3.97. The summed E-state index contributed by atoms with van der Waals surface area (Å²) < 4.78 is 12.8. The molecule has 1 aromatic carbocycles. The molecule has 0 amide bonds. The van der Waals surface area contributed by atoms with Gasteiger partial charge in [-0.3, -0.25) is 0 Å². The van der Waals surface area contributed by atoms with Crippen LogP contribution in [0.1, 0.15) is 11.3 Å². The van der Waals surface area contributed by atoms with Gasteiger partial charge in [0, 0.05) is 30.2 Å². The van der Waals surface area contributed by atoms with E-state index in [1.165, 1.54) is 12.1 Å². The van der Waals surface area contributed by atoms with Crippen molar-refractivity contribution in [1.29, 1.82) is 0 Å². The summed E-state index contributed by atoms with van der Waals surface area (Å²) in [4.78, 5) is 10.2. The molecule has 18 heavy (non-hydrogen) atoms. The first-order valence-electron chi connectivity index (χ1n) is 5.54.